The number of piperidine rings is 1. The lowest BCUT2D eigenvalue weighted by atomic mass is 10.0. The summed E-state index contributed by atoms with van der Waals surface area (Å²) in [5.74, 6) is -1.70. The maximum Gasteiger partial charge on any atom is 0.307 e. The summed E-state index contributed by atoms with van der Waals surface area (Å²) in [5.41, 5.74) is 0. The molecule has 0 spiro atoms. The topological polar surface area (TPSA) is 107 Å². The van der Waals surface area contributed by atoms with Crippen LogP contribution < -0.4 is 4.89 Å². The van der Waals surface area contributed by atoms with Crippen LogP contribution in [0.5, 0.6) is 0 Å². The zero-order chi connectivity index (χ0) is 10.8. The van der Waals surface area contributed by atoms with Gasteiger partial charge in [-0.1, -0.05) is 4.89 Å². The Bertz CT molecular complexity index is 314. The van der Waals surface area contributed by atoms with Gasteiger partial charge in [-0.05, 0) is 12.8 Å². The van der Waals surface area contributed by atoms with E-state index in [0.29, 0.717) is 12.8 Å². The average Bonchev–Trinajstić information content (AvgIpc) is 2.18. The van der Waals surface area contributed by atoms with E-state index in [9.17, 15) is 13.2 Å². The first kappa shape index (κ1) is 11.4. The minimum absolute atomic E-state index is 0.0920. The van der Waals surface area contributed by atoms with Crippen LogP contribution in [0.4, 0.5) is 0 Å². The number of carboxylic acid groups (broad SMARTS) is 1. The Balaban J connectivity index is 2.70. The van der Waals surface area contributed by atoms with E-state index in [0.717, 1.165) is 4.31 Å². The number of carboxylic acids is 1. The van der Waals surface area contributed by atoms with Crippen LogP contribution in [0.2, 0.25) is 0 Å². The van der Waals surface area contributed by atoms with Gasteiger partial charge in [0.25, 0.3) is 0 Å². The average molecular weight is 224 g/mol. The first-order chi connectivity index (χ1) is 6.47. The van der Waals surface area contributed by atoms with Crippen LogP contribution in [0.25, 0.3) is 0 Å². The van der Waals surface area contributed by atoms with Crippen LogP contribution in [0.3, 0.4) is 0 Å². The Morgan fingerprint density at radius 3 is 2.64 bits per heavy atom. The third-order valence-electron chi connectivity index (χ3n) is 2.19. The van der Waals surface area contributed by atoms with Gasteiger partial charge in [0, 0.05) is 13.1 Å². The summed E-state index contributed by atoms with van der Waals surface area (Å²) in [5, 5.41) is 17.0. The van der Waals surface area contributed by atoms with Gasteiger partial charge in [-0.15, -0.1) is 0 Å². The quantitative estimate of drug-likeness (QED) is 0.533. The molecule has 1 saturated heterocycles. The highest BCUT2D eigenvalue weighted by Crippen LogP contribution is 2.18. The highest BCUT2D eigenvalue weighted by atomic mass is 32.2. The predicted molar refractivity (Wildman–Crippen MR) is 45.8 cm³/mol. The SMILES string of the molecule is O=C(O)C1CCCN(S(=O)(=O)NO)C1. The van der Waals surface area contributed by atoms with E-state index in [1.54, 1.807) is 0 Å². The molecule has 1 atom stereocenters. The molecule has 0 aliphatic carbocycles. The third kappa shape index (κ3) is 2.41. The van der Waals surface area contributed by atoms with Crippen LogP contribution in [-0.2, 0) is 15.0 Å². The number of nitrogens with zero attached hydrogens (tertiary/aromatic N) is 1. The Morgan fingerprint density at radius 1 is 1.50 bits per heavy atom. The molecule has 7 nitrogen and oxygen atoms in total. The van der Waals surface area contributed by atoms with Crippen molar-refractivity contribution in [3.63, 3.8) is 0 Å². The summed E-state index contributed by atoms with van der Waals surface area (Å²) < 4.78 is 23.1. The van der Waals surface area contributed by atoms with Crippen LogP contribution in [-0.4, -0.2) is 42.1 Å². The van der Waals surface area contributed by atoms with Gasteiger partial charge in [0.05, 0.1) is 5.92 Å². The van der Waals surface area contributed by atoms with Crippen molar-refractivity contribution >= 4 is 16.2 Å². The van der Waals surface area contributed by atoms with Gasteiger partial charge in [-0.25, -0.2) is 0 Å². The smallest absolute Gasteiger partial charge is 0.307 e. The molecule has 0 aromatic carbocycles. The highest BCUT2D eigenvalue weighted by Gasteiger charge is 2.31. The second-order valence-corrected chi connectivity index (χ2v) is 4.78. The maximum absolute atomic E-state index is 11.1. The summed E-state index contributed by atoms with van der Waals surface area (Å²) in [6.07, 6.45) is 0.949. The Morgan fingerprint density at radius 2 is 2.14 bits per heavy atom. The zero-order valence-corrected chi connectivity index (χ0v) is 8.20. The van der Waals surface area contributed by atoms with E-state index >= 15 is 0 Å². The fraction of sp³-hybridized carbons (Fsp3) is 0.833. The van der Waals surface area contributed by atoms with Crippen molar-refractivity contribution in [3.8, 4) is 0 Å². The maximum atomic E-state index is 11.1. The number of aliphatic carboxylic acids is 1. The molecule has 1 aliphatic rings. The van der Waals surface area contributed by atoms with E-state index < -0.39 is 22.1 Å². The fourth-order valence-corrected chi connectivity index (χ4v) is 2.28. The van der Waals surface area contributed by atoms with Gasteiger partial charge in [0.1, 0.15) is 0 Å². The van der Waals surface area contributed by atoms with Gasteiger partial charge in [0.2, 0.25) is 0 Å². The molecule has 8 heteroatoms. The molecule has 0 bridgehead atoms. The lowest BCUT2D eigenvalue weighted by Gasteiger charge is -2.28. The molecule has 82 valence electrons. The first-order valence-electron chi connectivity index (χ1n) is 4.11. The molecule has 0 saturated carbocycles. The molecule has 0 aromatic rings. The van der Waals surface area contributed by atoms with Crippen LogP contribution in [0.1, 0.15) is 12.8 Å². The van der Waals surface area contributed by atoms with Gasteiger partial charge < -0.3 is 10.3 Å². The lowest BCUT2D eigenvalue weighted by molar-refractivity contribution is -0.142. The van der Waals surface area contributed by atoms with E-state index in [4.69, 9.17) is 10.3 Å². The van der Waals surface area contributed by atoms with Gasteiger partial charge in [-0.2, -0.15) is 12.7 Å². The van der Waals surface area contributed by atoms with Crippen LogP contribution in [0, 0.1) is 5.92 Å². The minimum Gasteiger partial charge on any atom is -0.481 e. The molecule has 0 aromatic heterocycles. The van der Waals surface area contributed by atoms with Gasteiger partial charge >= 0.3 is 16.2 Å². The molecule has 1 aliphatic heterocycles. The monoisotopic (exact) mass is 224 g/mol. The number of hydrogen-bond donors (Lipinski definition) is 3. The number of carbonyl (C=O) groups is 1. The van der Waals surface area contributed by atoms with Crippen molar-refractivity contribution in [2.24, 2.45) is 5.92 Å². The second kappa shape index (κ2) is 4.22. The molecule has 0 amide bonds. The molecule has 1 fully saturated rings. The molecule has 1 heterocycles. The molecular formula is C6H12N2O5S. The molecule has 0 radical (unpaired) electrons. The van der Waals surface area contributed by atoms with Gasteiger partial charge in [-0.3, -0.25) is 4.79 Å². The molecule has 1 rings (SSSR count). The van der Waals surface area contributed by atoms with Crippen molar-refractivity contribution in [3.05, 3.63) is 0 Å². The summed E-state index contributed by atoms with van der Waals surface area (Å²) in [6.45, 7) is 0.144. The summed E-state index contributed by atoms with van der Waals surface area (Å²) in [4.78, 5) is 11.8. The molecule has 3 N–H and O–H groups in total. The lowest BCUT2D eigenvalue weighted by Crippen LogP contribution is -2.46. The van der Waals surface area contributed by atoms with Crippen LogP contribution in [0.15, 0.2) is 0 Å². The molecular weight excluding hydrogens is 212 g/mol. The summed E-state index contributed by atoms with van der Waals surface area (Å²) >= 11 is 0. The number of nitrogens with one attached hydrogen (secondary N) is 1. The number of hydrogen-bond acceptors (Lipinski definition) is 4. The first-order valence-corrected chi connectivity index (χ1v) is 5.55. The van der Waals surface area contributed by atoms with Crippen molar-refractivity contribution < 1.29 is 23.5 Å². The Labute approximate surface area is 81.5 Å². The Kier molecular flexibility index (Phi) is 3.43. The van der Waals surface area contributed by atoms with Crippen LogP contribution >= 0.6 is 0 Å². The Hall–Kier alpha value is -0.700. The third-order valence-corrected chi connectivity index (χ3v) is 3.43. The standard InChI is InChI=1S/C6H12N2O5S/c9-6(10)5-2-1-3-8(4-5)14(12,13)7-11/h5,7,11H,1-4H2,(H,9,10). The van der Waals surface area contributed by atoms with E-state index in [1.165, 1.54) is 4.89 Å². The number of rotatable bonds is 3. The van der Waals surface area contributed by atoms with E-state index in [-0.39, 0.29) is 13.1 Å². The molecule has 14 heavy (non-hydrogen) atoms. The fourth-order valence-electron chi connectivity index (χ4n) is 1.42. The molecule has 1 unspecified atom stereocenters. The largest absolute Gasteiger partial charge is 0.481 e. The van der Waals surface area contributed by atoms with E-state index in [2.05, 4.69) is 0 Å². The highest BCUT2D eigenvalue weighted by molar-refractivity contribution is 7.86. The van der Waals surface area contributed by atoms with E-state index in [1.807, 2.05) is 0 Å². The zero-order valence-electron chi connectivity index (χ0n) is 7.38. The van der Waals surface area contributed by atoms with Gasteiger partial charge in [0.15, 0.2) is 0 Å². The minimum atomic E-state index is -3.91. The van der Waals surface area contributed by atoms with Crippen molar-refractivity contribution in [2.75, 3.05) is 13.1 Å². The van der Waals surface area contributed by atoms with Crippen molar-refractivity contribution in [2.45, 2.75) is 12.8 Å². The second-order valence-electron chi connectivity index (χ2n) is 3.13. The summed E-state index contributed by atoms with van der Waals surface area (Å²) in [6, 6.07) is 0. The summed E-state index contributed by atoms with van der Waals surface area (Å²) in [7, 11) is -3.91. The van der Waals surface area contributed by atoms with Crippen molar-refractivity contribution in [1.82, 2.24) is 9.19 Å². The normalized spacial score (nSPS) is 24.8. The van der Waals surface area contributed by atoms with Crippen molar-refractivity contribution in [1.29, 1.82) is 0 Å². The predicted octanol–water partition coefficient (Wildman–Crippen LogP) is -0.993.